The van der Waals surface area contributed by atoms with Crippen molar-refractivity contribution in [3.63, 3.8) is 0 Å². The van der Waals surface area contributed by atoms with Crippen LogP contribution in [0.4, 0.5) is 0 Å². The van der Waals surface area contributed by atoms with Gasteiger partial charge in [-0.2, -0.15) is 5.26 Å². The van der Waals surface area contributed by atoms with Crippen molar-refractivity contribution in [2.45, 2.75) is 13.8 Å². The van der Waals surface area contributed by atoms with E-state index in [2.05, 4.69) is 58.6 Å². The third-order valence-corrected chi connectivity index (χ3v) is 4.59. The second-order valence-corrected chi connectivity index (χ2v) is 6.59. The van der Waals surface area contributed by atoms with Crippen molar-refractivity contribution in [2.24, 2.45) is 0 Å². The average Bonchev–Trinajstić information content (AvgIpc) is 2.88. The molecule has 2 nitrogen and oxygen atoms in total. The van der Waals surface area contributed by atoms with Gasteiger partial charge in [0.25, 0.3) is 0 Å². The van der Waals surface area contributed by atoms with Crippen LogP contribution in [0, 0.1) is 25.2 Å². The summed E-state index contributed by atoms with van der Waals surface area (Å²) in [5, 5.41) is 9.56. The fourth-order valence-corrected chi connectivity index (χ4v) is 3.14. The molecule has 0 N–H and O–H groups in total. The van der Waals surface area contributed by atoms with Crippen molar-refractivity contribution in [2.75, 3.05) is 0 Å². The molecule has 0 radical (unpaired) electrons. The van der Waals surface area contributed by atoms with E-state index >= 15 is 0 Å². The molecular weight excluding hydrogens is 360 g/mol. The third kappa shape index (κ3) is 3.20. The van der Waals surface area contributed by atoms with Gasteiger partial charge in [-0.25, -0.2) is 0 Å². The molecule has 0 saturated heterocycles. The highest BCUT2D eigenvalue weighted by molar-refractivity contribution is 9.10. The highest BCUT2D eigenvalue weighted by atomic mass is 79.9. The van der Waals surface area contributed by atoms with Crippen LogP contribution in [0.1, 0.15) is 22.5 Å². The number of aromatic nitrogens is 1. The summed E-state index contributed by atoms with van der Waals surface area (Å²) in [7, 11) is 0. The first-order chi connectivity index (χ1) is 11.6. The van der Waals surface area contributed by atoms with Crippen LogP contribution in [0.3, 0.4) is 0 Å². The molecule has 0 amide bonds. The van der Waals surface area contributed by atoms with Crippen LogP contribution in [-0.4, -0.2) is 4.57 Å². The zero-order valence-corrected chi connectivity index (χ0v) is 15.2. The highest BCUT2D eigenvalue weighted by Crippen LogP contribution is 2.25. The zero-order chi connectivity index (χ0) is 17.1. The summed E-state index contributed by atoms with van der Waals surface area (Å²) < 4.78 is 3.22. The van der Waals surface area contributed by atoms with Crippen molar-refractivity contribution in [3.05, 3.63) is 87.7 Å². The summed E-state index contributed by atoms with van der Waals surface area (Å²) in [6.45, 7) is 4.17. The van der Waals surface area contributed by atoms with Gasteiger partial charge in [0.15, 0.2) is 0 Å². The first kappa shape index (κ1) is 16.3. The van der Waals surface area contributed by atoms with Crippen LogP contribution in [-0.2, 0) is 0 Å². The summed E-state index contributed by atoms with van der Waals surface area (Å²) in [5.41, 5.74) is 6.06. The van der Waals surface area contributed by atoms with Crippen molar-refractivity contribution in [3.8, 4) is 11.8 Å². The van der Waals surface area contributed by atoms with Crippen LogP contribution in [0.25, 0.3) is 17.3 Å². The van der Waals surface area contributed by atoms with Gasteiger partial charge in [-0.15, -0.1) is 0 Å². The third-order valence-electron chi connectivity index (χ3n) is 4.06. The van der Waals surface area contributed by atoms with E-state index in [0.717, 1.165) is 32.7 Å². The van der Waals surface area contributed by atoms with Gasteiger partial charge in [-0.05, 0) is 61.4 Å². The smallest absolute Gasteiger partial charge is 0.0998 e. The molecule has 0 spiro atoms. The molecule has 0 aliphatic carbocycles. The van der Waals surface area contributed by atoms with E-state index in [9.17, 15) is 5.26 Å². The summed E-state index contributed by atoms with van der Waals surface area (Å²) in [5.74, 6) is 0. The molecule has 0 aliphatic rings. The van der Waals surface area contributed by atoms with E-state index in [0.29, 0.717) is 5.57 Å². The van der Waals surface area contributed by atoms with Crippen LogP contribution in [0.2, 0.25) is 0 Å². The van der Waals surface area contributed by atoms with E-state index in [-0.39, 0.29) is 0 Å². The number of aryl methyl sites for hydroxylation is 1. The average molecular weight is 377 g/mol. The predicted octanol–water partition coefficient (Wildman–Crippen LogP) is 5.92. The number of allylic oxidation sites excluding steroid dienone is 1. The number of hydrogen-bond acceptors (Lipinski definition) is 1. The number of halogens is 1. The minimum Gasteiger partial charge on any atom is -0.318 e. The second-order valence-electron chi connectivity index (χ2n) is 5.67. The van der Waals surface area contributed by atoms with Gasteiger partial charge >= 0.3 is 0 Å². The summed E-state index contributed by atoms with van der Waals surface area (Å²) >= 11 is 3.43. The Bertz CT molecular complexity index is 926. The van der Waals surface area contributed by atoms with E-state index in [4.69, 9.17) is 0 Å². The van der Waals surface area contributed by atoms with Gasteiger partial charge in [0, 0.05) is 21.5 Å². The van der Waals surface area contributed by atoms with E-state index in [1.54, 1.807) is 0 Å². The molecule has 2 aromatic carbocycles. The molecule has 0 aliphatic heterocycles. The monoisotopic (exact) mass is 376 g/mol. The molecule has 0 unspecified atom stereocenters. The molecule has 0 atom stereocenters. The maximum Gasteiger partial charge on any atom is 0.0998 e. The number of para-hydroxylation sites is 1. The Balaban J connectivity index is 2.07. The Hall–Kier alpha value is -2.57. The minimum absolute atomic E-state index is 0.663. The molecule has 1 heterocycles. The van der Waals surface area contributed by atoms with Gasteiger partial charge in [0.1, 0.15) is 0 Å². The Morgan fingerprint density at radius 2 is 1.71 bits per heavy atom. The number of nitriles is 1. The van der Waals surface area contributed by atoms with Gasteiger partial charge in [0.05, 0.1) is 11.6 Å². The maximum absolute atomic E-state index is 9.56. The van der Waals surface area contributed by atoms with E-state index < -0.39 is 0 Å². The van der Waals surface area contributed by atoms with Gasteiger partial charge in [-0.1, -0.05) is 46.3 Å². The van der Waals surface area contributed by atoms with Crippen molar-refractivity contribution in [1.29, 1.82) is 5.26 Å². The lowest BCUT2D eigenvalue weighted by Gasteiger charge is -2.09. The van der Waals surface area contributed by atoms with E-state index in [1.165, 1.54) is 0 Å². The van der Waals surface area contributed by atoms with Crippen LogP contribution in [0.15, 0.2) is 65.1 Å². The quantitative estimate of drug-likeness (QED) is 0.521. The predicted molar refractivity (Wildman–Crippen MR) is 103 cm³/mol. The number of benzene rings is 2. The van der Waals surface area contributed by atoms with Crippen molar-refractivity contribution < 1.29 is 0 Å². The molecule has 3 aromatic rings. The first-order valence-corrected chi connectivity index (χ1v) is 8.51. The molecule has 118 valence electrons. The lowest BCUT2D eigenvalue weighted by Crippen LogP contribution is -1.98. The second kappa shape index (κ2) is 6.90. The zero-order valence-electron chi connectivity index (χ0n) is 13.6. The molecule has 3 rings (SSSR count). The molecule has 0 fully saturated rings. The summed E-state index contributed by atoms with van der Waals surface area (Å²) in [6.07, 6.45) is 1.96. The Morgan fingerprint density at radius 3 is 2.33 bits per heavy atom. The van der Waals surface area contributed by atoms with Crippen molar-refractivity contribution >= 4 is 27.6 Å². The molecule has 1 aromatic heterocycles. The highest BCUT2D eigenvalue weighted by Gasteiger charge is 2.10. The number of nitrogens with zero attached hydrogens (tertiary/aromatic N) is 2. The maximum atomic E-state index is 9.56. The minimum atomic E-state index is 0.663. The summed E-state index contributed by atoms with van der Waals surface area (Å²) in [4.78, 5) is 0. The Labute approximate surface area is 150 Å². The van der Waals surface area contributed by atoms with Crippen LogP contribution in [0.5, 0.6) is 0 Å². The Morgan fingerprint density at radius 1 is 1.04 bits per heavy atom. The standard InChI is InChI=1S/C21H17BrN2/c1-15-12-18(16(2)24(15)21-6-4-3-5-7-21)13-19(14-23)17-8-10-20(22)11-9-17/h3-13H,1-2H3/b19-13-. The van der Waals surface area contributed by atoms with Crippen molar-refractivity contribution in [1.82, 2.24) is 4.57 Å². The number of hydrogen-bond donors (Lipinski definition) is 0. The largest absolute Gasteiger partial charge is 0.318 e. The number of rotatable bonds is 3. The van der Waals surface area contributed by atoms with Gasteiger partial charge < -0.3 is 4.57 Å². The normalized spacial score (nSPS) is 11.3. The lowest BCUT2D eigenvalue weighted by atomic mass is 10.0. The van der Waals surface area contributed by atoms with Gasteiger partial charge in [-0.3, -0.25) is 0 Å². The van der Waals surface area contributed by atoms with Gasteiger partial charge in [0.2, 0.25) is 0 Å². The molecule has 0 saturated carbocycles. The van der Waals surface area contributed by atoms with Crippen LogP contribution >= 0.6 is 15.9 Å². The molecule has 24 heavy (non-hydrogen) atoms. The SMILES string of the molecule is Cc1cc(/C=C(/C#N)c2ccc(Br)cc2)c(C)n1-c1ccccc1. The van der Waals surface area contributed by atoms with Crippen LogP contribution < -0.4 is 0 Å². The molecule has 0 bridgehead atoms. The summed E-state index contributed by atoms with van der Waals surface area (Å²) in [6, 6.07) is 22.5. The lowest BCUT2D eigenvalue weighted by molar-refractivity contribution is 0.964. The molecular formula is C21H17BrN2. The fraction of sp³-hybridized carbons (Fsp3) is 0.0952. The topological polar surface area (TPSA) is 28.7 Å². The Kier molecular flexibility index (Phi) is 4.69. The first-order valence-electron chi connectivity index (χ1n) is 7.72. The molecule has 3 heteroatoms. The fourth-order valence-electron chi connectivity index (χ4n) is 2.87. The van der Waals surface area contributed by atoms with E-state index in [1.807, 2.05) is 48.5 Å².